The number of amides is 1. The van der Waals surface area contributed by atoms with Crippen molar-refractivity contribution < 1.29 is 14.6 Å². The summed E-state index contributed by atoms with van der Waals surface area (Å²) < 4.78 is 6.11. The van der Waals surface area contributed by atoms with Gasteiger partial charge < -0.3 is 14.7 Å². The Balaban J connectivity index is 1.75. The molecule has 0 bridgehead atoms. The second-order valence-electron chi connectivity index (χ2n) is 8.15. The van der Waals surface area contributed by atoms with Crippen LogP contribution in [0.15, 0.2) is 35.7 Å². The number of hydrogen-bond donors (Lipinski definition) is 1. The van der Waals surface area contributed by atoms with Gasteiger partial charge in [0.15, 0.2) is 0 Å². The van der Waals surface area contributed by atoms with E-state index >= 15 is 0 Å². The van der Waals surface area contributed by atoms with Crippen molar-refractivity contribution in [1.82, 2.24) is 9.80 Å². The first-order valence-electron chi connectivity index (χ1n) is 10.3. The van der Waals surface area contributed by atoms with Crippen LogP contribution in [0, 0.1) is 6.92 Å². The van der Waals surface area contributed by atoms with Gasteiger partial charge >= 0.3 is 0 Å². The smallest absolute Gasteiger partial charge is 0.237 e. The van der Waals surface area contributed by atoms with Crippen molar-refractivity contribution in [3.63, 3.8) is 0 Å². The molecule has 1 aliphatic heterocycles. The lowest BCUT2D eigenvalue weighted by Gasteiger charge is -2.38. The van der Waals surface area contributed by atoms with Crippen LogP contribution in [0.2, 0.25) is 0 Å². The number of nitrogens with zero attached hydrogens (tertiary/aromatic N) is 2. The number of thiophene rings is 1. The maximum atomic E-state index is 13.3. The molecule has 0 fully saturated rings. The van der Waals surface area contributed by atoms with Crippen molar-refractivity contribution in [3.8, 4) is 5.75 Å². The third kappa shape index (κ3) is 5.59. The van der Waals surface area contributed by atoms with Crippen LogP contribution in [0.3, 0.4) is 0 Å². The predicted molar refractivity (Wildman–Crippen MR) is 118 cm³/mol. The van der Waals surface area contributed by atoms with Gasteiger partial charge in [-0.3, -0.25) is 9.69 Å². The molecule has 2 atom stereocenters. The minimum Gasteiger partial charge on any atom is -0.491 e. The monoisotopic (exact) mass is 416 g/mol. The van der Waals surface area contributed by atoms with E-state index in [9.17, 15) is 9.90 Å². The van der Waals surface area contributed by atoms with Gasteiger partial charge in [0.2, 0.25) is 5.91 Å². The van der Waals surface area contributed by atoms with Crippen molar-refractivity contribution >= 4 is 17.2 Å². The quantitative estimate of drug-likeness (QED) is 0.714. The van der Waals surface area contributed by atoms with E-state index in [-0.39, 0.29) is 18.0 Å². The number of hydrogen-bond acceptors (Lipinski definition) is 5. The van der Waals surface area contributed by atoms with E-state index in [2.05, 4.69) is 25.3 Å². The molecule has 158 valence electrons. The van der Waals surface area contributed by atoms with Crippen molar-refractivity contribution in [1.29, 1.82) is 0 Å². The SMILES string of the molecule is Cc1cccc(OC[C@H]2c3ccsc3CCN2C(=O)CN(C[C@@H](C)O)C(C)C)c1. The fourth-order valence-electron chi connectivity index (χ4n) is 3.82. The number of aliphatic hydroxyl groups excluding tert-OH is 1. The zero-order valence-corrected chi connectivity index (χ0v) is 18.6. The fourth-order valence-corrected chi connectivity index (χ4v) is 4.74. The van der Waals surface area contributed by atoms with Crippen LogP contribution in [-0.2, 0) is 11.2 Å². The summed E-state index contributed by atoms with van der Waals surface area (Å²) >= 11 is 1.76. The lowest BCUT2D eigenvalue weighted by Crippen LogP contribution is -2.49. The van der Waals surface area contributed by atoms with Crippen LogP contribution < -0.4 is 4.74 Å². The largest absolute Gasteiger partial charge is 0.491 e. The molecule has 0 spiro atoms. The van der Waals surface area contributed by atoms with Crippen molar-refractivity contribution in [2.45, 2.75) is 52.3 Å². The fraction of sp³-hybridized carbons (Fsp3) is 0.522. The van der Waals surface area contributed by atoms with Gasteiger partial charge in [0.1, 0.15) is 12.4 Å². The number of aliphatic hydroxyl groups is 1. The van der Waals surface area contributed by atoms with Crippen LogP contribution in [0.4, 0.5) is 0 Å². The topological polar surface area (TPSA) is 53.0 Å². The summed E-state index contributed by atoms with van der Waals surface area (Å²) in [6.45, 7) is 9.86. The van der Waals surface area contributed by atoms with Crippen LogP contribution in [0.1, 0.15) is 42.8 Å². The Morgan fingerprint density at radius 2 is 2.14 bits per heavy atom. The highest BCUT2D eigenvalue weighted by Crippen LogP contribution is 2.34. The second kappa shape index (κ2) is 9.74. The van der Waals surface area contributed by atoms with Gasteiger partial charge in [0, 0.05) is 24.0 Å². The summed E-state index contributed by atoms with van der Waals surface area (Å²) in [5.74, 6) is 0.923. The summed E-state index contributed by atoms with van der Waals surface area (Å²) in [6, 6.07) is 10.2. The van der Waals surface area contributed by atoms with Crippen molar-refractivity contribution in [2.24, 2.45) is 0 Å². The highest BCUT2D eigenvalue weighted by atomic mass is 32.1. The molecule has 2 aromatic rings. The van der Waals surface area contributed by atoms with E-state index in [0.29, 0.717) is 26.2 Å². The molecule has 1 aromatic carbocycles. The van der Waals surface area contributed by atoms with Crippen LogP contribution in [0.5, 0.6) is 5.75 Å². The molecule has 5 nitrogen and oxygen atoms in total. The number of fused-ring (bicyclic) bond motifs is 1. The number of rotatable bonds is 8. The summed E-state index contributed by atoms with van der Waals surface area (Å²) in [5.41, 5.74) is 2.36. The van der Waals surface area contributed by atoms with E-state index in [0.717, 1.165) is 17.7 Å². The third-order valence-electron chi connectivity index (χ3n) is 5.38. The lowest BCUT2D eigenvalue weighted by atomic mass is 10.00. The first-order chi connectivity index (χ1) is 13.8. The number of carbonyl (C=O) groups is 1. The zero-order valence-electron chi connectivity index (χ0n) is 17.8. The Kier molecular flexibility index (Phi) is 7.33. The predicted octanol–water partition coefficient (Wildman–Crippen LogP) is 3.65. The van der Waals surface area contributed by atoms with Crippen LogP contribution in [-0.4, -0.2) is 59.2 Å². The van der Waals surface area contributed by atoms with E-state index in [1.54, 1.807) is 18.3 Å². The Bertz CT molecular complexity index is 818. The summed E-state index contributed by atoms with van der Waals surface area (Å²) in [6.07, 6.45) is 0.424. The maximum absolute atomic E-state index is 13.3. The molecule has 1 amide bonds. The first-order valence-corrected chi connectivity index (χ1v) is 11.2. The number of aryl methyl sites for hydroxylation is 1. The molecular formula is C23H32N2O3S. The highest BCUT2D eigenvalue weighted by Gasteiger charge is 2.33. The molecule has 3 rings (SSSR count). The Morgan fingerprint density at radius 1 is 1.34 bits per heavy atom. The standard InChI is InChI=1S/C23H32N2O3S/c1-16(2)24(13-18(4)26)14-23(27)25-10-8-22-20(9-11-29-22)21(25)15-28-19-7-5-6-17(3)12-19/h5-7,9,11-12,16,18,21,26H,8,10,13-15H2,1-4H3/t18-,21+/m1/s1. The van der Waals surface area contributed by atoms with Gasteiger partial charge in [0.25, 0.3) is 0 Å². The van der Waals surface area contributed by atoms with E-state index < -0.39 is 6.10 Å². The molecule has 1 aromatic heterocycles. The molecule has 0 radical (unpaired) electrons. The summed E-state index contributed by atoms with van der Waals surface area (Å²) in [4.78, 5) is 18.6. The van der Waals surface area contributed by atoms with Crippen LogP contribution in [0.25, 0.3) is 0 Å². The Morgan fingerprint density at radius 3 is 2.83 bits per heavy atom. The van der Waals surface area contributed by atoms with Gasteiger partial charge in [0.05, 0.1) is 18.7 Å². The maximum Gasteiger partial charge on any atom is 0.237 e. The van der Waals surface area contributed by atoms with Gasteiger partial charge in [-0.05, 0) is 68.8 Å². The van der Waals surface area contributed by atoms with Gasteiger partial charge in [-0.25, -0.2) is 0 Å². The molecule has 0 saturated heterocycles. The van der Waals surface area contributed by atoms with E-state index in [4.69, 9.17) is 4.74 Å². The van der Waals surface area contributed by atoms with Gasteiger partial charge in [-0.15, -0.1) is 11.3 Å². The summed E-state index contributed by atoms with van der Waals surface area (Å²) in [7, 11) is 0. The zero-order chi connectivity index (χ0) is 21.0. The minimum atomic E-state index is -0.463. The average molecular weight is 417 g/mol. The van der Waals surface area contributed by atoms with Crippen LogP contribution >= 0.6 is 11.3 Å². The molecule has 6 heteroatoms. The Hall–Kier alpha value is -1.89. The van der Waals surface area contributed by atoms with Crippen molar-refractivity contribution in [3.05, 3.63) is 51.7 Å². The number of carbonyl (C=O) groups excluding carboxylic acids is 1. The minimum absolute atomic E-state index is 0.0847. The Labute approximate surface area is 177 Å². The molecule has 1 N–H and O–H groups in total. The third-order valence-corrected chi connectivity index (χ3v) is 6.38. The molecule has 29 heavy (non-hydrogen) atoms. The molecule has 1 aliphatic rings. The second-order valence-corrected chi connectivity index (χ2v) is 9.15. The van der Waals surface area contributed by atoms with E-state index in [1.165, 1.54) is 10.4 Å². The normalized spacial score (nSPS) is 17.5. The summed E-state index contributed by atoms with van der Waals surface area (Å²) in [5, 5.41) is 11.9. The number of benzene rings is 1. The number of ether oxygens (including phenoxy) is 1. The van der Waals surface area contributed by atoms with Gasteiger partial charge in [-0.2, -0.15) is 0 Å². The van der Waals surface area contributed by atoms with Crippen molar-refractivity contribution in [2.75, 3.05) is 26.2 Å². The highest BCUT2D eigenvalue weighted by molar-refractivity contribution is 7.10. The molecule has 0 unspecified atom stereocenters. The van der Waals surface area contributed by atoms with Gasteiger partial charge in [-0.1, -0.05) is 12.1 Å². The lowest BCUT2D eigenvalue weighted by molar-refractivity contribution is -0.136. The first kappa shape index (κ1) is 21.8. The van der Waals surface area contributed by atoms with E-state index in [1.807, 2.05) is 41.0 Å². The molecule has 0 saturated carbocycles. The average Bonchev–Trinajstić information content (AvgIpc) is 3.14. The molecular weight excluding hydrogens is 384 g/mol. The molecule has 0 aliphatic carbocycles. The molecule has 2 heterocycles.